The lowest BCUT2D eigenvalue weighted by Crippen LogP contribution is -2.14. The molecule has 1 amide bonds. The van der Waals surface area contributed by atoms with Crippen molar-refractivity contribution in [3.63, 3.8) is 0 Å². The topological polar surface area (TPSA) is 71.0 Å². The van der Waals surface area contributed by atoms with Crippen LogP contribution in [-0.4, -0.2) is 40.7 Å². The molecule has 0 spiro atoms. The van der Waals surface area contributed by atoms with E-state index in [2.05, 4.69) is 34.1 Å². The zero-order valence-corrected chi connectivity index (χ0v) is 16.8. The number of nitrogens with one attached hydrogen (secondary N) is 1. The average Bonchev–Trinajstić information content (AvgIpc) is 3.05. The minimum Gasteiger partial charge on any atom is -0.354 e. The lowest BCUT2D eigenvalue weighted by molar-refractivity contribution is -0.113. The van der Waals surface area contributed by atoms with Crippen LogP contribution in [0.1, 0.15) is 25.3 Å². The van der Waals surface area contributed by atoms with E-state index in [0.29, 0.717) is 11.6 Å². The summed E-state index contributed by atoms with van der Waals surface area (Å²) < 4.78 is 0.912. The fourth-order valence-electron chi connectivity index (χ4n) is 2.30. The van der Waals surface area contributed by atoms with Crippen LogP contribution in [0.5, 0.6) is 0 Å². The SMILES string of the molecule is CC(C)c1ccc(NC(=O)CSc2ncnc3nc(N(C)C)sc23)cc1. The molecular formula is C18H21N5OS2. The molecule has 26 heavy (non-hydrogen) atoms. The van der Waals surface area contributed by atoms with Gasteiger partial charge in [-0.2, -0.15) is 4.98 Å². The molecule has 3 aromatic rings. The summed E-state index contributed by atoms with van der Waals surface area (Å²) in [5.74, 6) is 0.700. The number of benzene rings is 1. The number of nitrogens with zero attached hydrogens (tertiary/aromatic N) is 4. The molecule has 0 aliphatic rings. The van der Waals surface area contributed by atoms with Crippen LogP contribution in [0.15, 0.2) is 35.6 Å². The van der Waals surface area contributed by atoms with Crippen LogP contribution < -0.4 is 10.2 Å². The molecule has 8 heteroatoms. The maximum absolute atomic E-state index is 12.3. The average molecular weight is 388 g/mol. The van der Waals surface area contributed by atoms with E-state index in [1.165, 1.54) is 35.0 Å². The van der Waals surface area contributed by atoms with Crippen molar-refractivity contribution in [3.05, 3.63) is 36.2 Å². The number of anilines is 2. The second kappa shape index (κ2) is 8.01. The molecule has 0 radical (unpaired) electrons. The molecule has 136 valence electrons. The molecule has 0 fully saturated rings. The minimum absolute atomic E-state index is 0.0589. The van der Waals surface area contributed by atoms with Crippen molar-refractivity contribution in [2.45, 2.75) is 24.8 Å². The highest BCUT2D eigenvalue weighted by molar-refractivity contribution is 8.00. The lowest BCUT2D eigenvalue weighted by Gasteiger charge is -2.08. The smallest absolute Gasteiger partial charge is 0.234 e. The number of amides is 1. The van der Waals surface area contributed by atoms with Crippen molar-refractivity contribution in [3.8, 4) is 0 Å². The highest BCUT2D eigenvalue weighted by Gasteiger charge is 2.13. The van der Waals surface area contributed by atoms with Gasteiger partial charge in [0.2, 0.25) is 5.91 Å². The summed E-state index contributed by atoms with van der Waals surface area (Å²) in [6.45, 7) is 4.29. The van der Waals surface area contributed by atoms with Crippen LogP contribution in [-0.2, 0) is 4.79 Å². The van der Waals surface area contributed by atoms with Crippen molar-refractivity contribution < 1.29 is 4.79 Å². The highest BCUT2D eigenvalue weighted by Crippen LogP contribution is 2.32. The number of carbonyl (C=O) groups excluding carboxylic acids is 1. The van der Waals surface area contributed by atoms with Gasteiger partial charge >= 0.3 is 0 Å². The summed E-state index contributed by atoms with van der Waals surface area (Å²) in [5.41, 5.74) is 2.73. The molecule has 0 bridgehead atoms. The summed E-state index contributed by atoms with van der Waals surface area (Å²) in [4.78, 5) is 27.2. The van der Waals surface area contributed by atoms with Crippen molar-refractivity contribution in [2.24, 2.45) is 0 Å². The van der Waals surface area contributed by atoms with Crippen LogP contribution in [0.2, 0.25) is 0 Å². The Morgan fingerprint density at radius 3 is 2.62 bits per heavy atom. The molecule has 2 aromatic heterocycles. The quantitative estimate of drug-likeness (QED) is 0.509. The largest absolute Gasteiger partial charge is 0.354 e. The molecule has 0 aliphatic carbocycles. The third kappa shape index (κ3) is 4.31. The first-order chi connectivity index (χ1) is 12.4. The molecule has 0 saturated heterocycles. The number of aromatic nitrogens is 3. The number of thiazole rings is 1. The first-order valence-corrected chi connectivity index (χ1v) is 10.1. The Kier molecular flexibility index (Phi) is 5.73. The number of rotatable bonds is 6. The molecule has 0 atom stereocenters. The zero-order chi connectivity index (χ0) is 18.7. The molecule has 0 aliphatic heterocycles. The Morgan fingerprint density at radius 1 is 1.23 bits per heavy atom. The van der Waals surface area contributed by atoms with E-state index in [1.807, 2.05) is 43.3 Å². The molecule has 1 N–H and O–H groups in total. The van der Waals surface area contributed by atoms with Gasteiger partial charge in [-0.25, -0.2) is 9.97 Å². The third-order valence-corrected chi connectivity index (χ3v) is 6.07. The summed E-state index contributed by atoms with van der Waals surface area (Å²) in [7, 11) is 3.88. The van der Waals surface area contributed by atoms with Gasteiger partial charge in [-0.3, -0.25) is 4.79 Å². The third-order valence-electron chi connectivity index (χ3n) is 3.73. The Morgan fingerprint density at radius 2 is 1.96 bits per heavy atom. The van der Waals surface area contributed by atoms with E-state index < -0.39 is 0 Å². The summed E-state index contributed by atoms with van der Waals surface area (Å²) >= 11 is 2.93. The van der Waals surface area contributed by atoms with Gasteiger partial charge in [0.15, 0.2) is 10.8 Å². The number of hydrogen-bond donors (Lipinski definition) is 1. The lowest BCUT2D eigenvalue weighted by atomic mass is 10.0. The van der Waals surface area contributed by atoms with Gasteiger partial charge in [0.1, 0.15) is 16.1 Å². The van der Waals surface area contributed by atoms with Gasteiger partial charge < -0.3 is 10.2 Å². The Balaban J connectivity index is 1.65. The highest BCUT2D eigenvalue weighted by atomic mass is 32.2. The second-order valence-corrected chi connectivity index (χ2v) is 8.28. The van der Waals surface area contributed by atoms with Crippen molar-refractivity contribution >= 4 is 50.2 Å². The first-order valence-electron chi connectivity index (χ1n) is 8.25. The van der Waals surface area contributed by atoms with Crippen LogP contribution in [0.25, 0.3) is 10.3 Å². The van der Waals surface area contributed by atoms with Gasteiger partial charge in [0.25, 0.3) is 0 Å². The van der Waals surface area contributed by atoms with E-state index in [0.717, 1.165) is 20.5 Å². The number of fused-ring (bicyclic) bond motifs is 1. The Labute approximate surface area is 161 Å². The number of hydrogen-bond acceptors (Lipinski definition) is 7. The molecule has 6 nitrogen and oxygen atoms in total. The molecule has 2 heterocycles. The van der Waals surface area contributed by atoms with E-state index in [1.54, 1.807) is 0 Å². The fourth-order valence-corrected chi connectivity index (χ4v) is 4.11. The molecular weight excluding hydrogens is 366 g/mol. The zero-order valence-electron chi connectivity index (χ0n) is 15.2. The van der Waals surface area contributed by atoms with E-state index in [4.69, 9.17) is 0 Å². The Bertz CT molecular complexity index is 906. The predicted molar refractivity (Wildman–Crippen MR) is 109 cm³/mol. The number of carbonyl (C=O) groups is 1. The summed E-state index contributed by atoms with van der Waals surface area (Å²) in [6, 6.07) is 7.96. The summed E-state index contributed by atoms with van der Waals surface area (Å²) in [6.07, 6.45) is 1.49. The standard InChI is InChI=1S/C18H21N5OS2/c1-11(2)12-5-7-13(8-6-12)21-14(24)9-25-17-15-16(19-10-20-17)22-18(26-15)23(3)4/h5-8,10-11H,9H2,1-4H3,(H,21,24). The van der Waals surface area contributed by atoms with E-state index in [-0.39, 0.29) is 11.7 Å². The van der Waals surface area contributed by atoms with Crippen LogP contribution in [0, 0.1) is 0 Å². The van der Waals surface area contributed by atoms with Gasteiger partial charge in [0.05, 0.1) is 5.75 Å². The normalized spacial score (nSPS) is 11.1. The minimum atomic E-state index is -0.0589. The second-order valence-electron chi connectivity index (χ2n) is 6.34. The van der Waals surface area contributed by atoms with Crippen LogP contribution >= 0.6 is 23.1 Å². The first kappa shape index (κ1) is 18.6. The summed E-state index contributed by atoms with van der Waals surface area (Å²) in [5, 5.41) is 4.58. The molecule has 1 aromatic carbocycles. The number of thioether (sulfide) groups is 1. The molecule has 0 saturated carbocycles. The van der Waals surface area contributed by atoms with Crippen molar-refractivity contribution in [1.82, 2.24) is 15.0 Å². The van der Waals surface area contributed by atoms with Crippen molar-refractivity contribution in [2.75, 3.05) is 30.1 Å². The molecule has 0 unspecified atom stereocenters. The van der Waals surface area contributed by atoms with Crippen molar-refractivity contribution in [1.29, 1.82) is 0 Å². The fraction of sp³-hybridized carbons (Fsp3) is 0.333. The van der Waals surface area contributed by atoms with Crippen LogP contribution in [0.4, 0.5) is 10.8 Å². The monoisotopic (exact) mass is 387 g/mol. The predicted octanol–water partition coefficient (Wildman–Crippen LogP) is 4.01. The van der Waals surface area contributed by atoms with Gasteiger partial charge in [0, 0.05) is 19.8 Å². The van der Waals surface area contributed by atoms with Crippen LogP contribution in [0.3, 0.4) is 0 Å². The van der Waals surface area contributed by atoms with Gasteiger partial charge in [-0.15, -0.1) is 0 Å². The van der Waals surface area contributed by atoms with E-state index in [9.17, 15) is 4.79 Å². The van der Waals surface area contributed by atoms with E-state index >= 15 is 0 Å². The molecule has 3 rings (SSSR count). The Hall–Kier alpha value is -2.19. The maximum Gasteiger partial charge on any atom is 0.234 e. The maximum atomic E-state index is 12.3. The van der Waals surface area contributed by atoms with Gasteiger partial charge in [-0.05, 0) is 23.6 Å². The van der Waals surface area contributed by atoms with Gasteiger partial charge in [-0.1, -0.05) is 49.1 Å².